The van der Waals surface area contributed by atoms with Gasteiger partial charge in [-0.1, -0.05) is 36.4 Å². The Morgan fingerprint density at radius 2 is 1.95 bits per heavy atom. The molecular weight excluding hydrogens is 266 g/mol. The quantitative estimate of drug-likeness (QED) is 0.804. The topological polar surface area (TPSA) is 85.2 Å². The summed E-state index contributed by atoms with van der Waals surface area (Å²) >= 11 is 0. The second-order valence-electron chi connectivity index (χ2n) is 4.45. The molecule has 2 rings (SSSR count). The molecule has 1 atom stereocenters. The van der Waals surface area contributed by atoms with Crippen LogP contribution in [0.25, 0.3) is 0 Å². The van der Waals surface area contributed by atoms with Crippen molar-refractivity contribution in [3.63, 3.8) is 0 Å². The molecule has 2 aromatic rings. The Labute approximate surface area is 122 Å². The maximum absolute atomic E-state index is 11.7. The van der Waals surface area contributed by atoms with Gasteiger partial charge in [-0.05, 0) is 23.8 Å². The van der Waals surface area contributed by atoms with E-state index < -0.39 is 12.1 Å². The molecule has 3 N–H and O–H groups in total. The molecule has 21 heavy (non-hydrogen) atoms. The van der Waals surface area contributed by atoms with Gasteiger partial charge in [-0.25, -0.2) is 4.79 Å². The largest absolute Gasteiger partial charge is 0.387 e. The van der Waals surface area contributed by atoms with Crippen LogP contribution in [0.4, 0.5) is 10.5 Å². The van der Waals surface area contributed by atoms with Crippen molar-refractivity contribution in [3.8, 4) is 6.07 Å². The summed E-state index contributed by atoms with van der Waals surface area (Å²) in [6.07, 6.45) is -0.762. The number of rotatable bonds is 4. The van der Waals surface area contributed by atoms with E-state index in [1.807, 2.05) is 24.3 Å². The van der Waals surface area contributed by atoms with Crippen LogP contribution in [0.15, 0.2) is 54.6 Å². The molecule has 0 spiro atoms. The van der Waals surface area contributed by atoms with Gasteiger partial charge >= 0.3 is 6.03 Å². The molecule has 2 aromatic carbocycles. The van der Waals surface area contributed by atoms with Crippen LogP contribution in [0.1, 0.15) is 17.2 Å². The summed E-state index contributed by atoms with van der Waals surface area (Å²) in [6.45, 7) is 0.105. The van der Waals surface area contributed by atoms with Crippen LogP contribution in [0, 0.1) is 11.3 Å². The van der Waals surface area contributed by atoms with Crippen molar-refractivity contribution < 1.29 is 9.90 Å². The average Bonchev–Trinajstić information content (AvgIpc) is 2.53. The van der Waals surface area contributed by atoms with E-state index in [1.165, 1.54) is 0 Å². The third-order valence-electron chi connectivity index (χ3n) is 2.89. The van der Waals surface area contributed by atoms with E-state index in [4.69, 9.17) is 5.26 Å². The minimum Gasteiger partial charge on any atom is -0.387 e. The number of urea groups is 1. The number of aliphatic hydroxyl groups is 1. The van der Waals surface area contributed by atoms with Gasteiger partial charge in [-0.15, -0.1) is 0 Å². The average molecular weight is 281 g/mol. The molecule has 5 heteroatoms. The van der Waals surface area contributed by atoms with Gasteiger partial charge in [0.25, 0.3) is 0 Å². The fraction of sp³-hybridized carbons (Fsp3) is 0.125. The number of carbonyl (C=O) groups is 1. The van der Waals surface area contributed by atoms with Crippen molar-refractivity contribution >= 4 is 11.7 Å². The number of hydrogen-bond donors (Lipinski definition) is 3. The molecular formula is C16H15N3O2. The Morgan fingerprint density at radius 3 is 2.67 bits per heavy atom. The van der Waals surface area contributed by atoms with Crippen LogP contribution in [-0.4, -0.2) is 17.7 Å². The first-order valence-corrected chi connectivity index (χ1v) is 6.47. The Kier molecular flexibility index (Phi) is 4.91. The predicted octanol–water partition coefficient (Wildman–Crippen LogP) is 2.41. The Balaban J connectivity index is 1.86. The minimum absolute atomic E-state index is 0.105. The molecule has 0 unspecified atom stereocenters. The molecule has 0 radical (unpaired) electrons. The lowest BCUT2D eigenvalue weighted by molar-refractivity contribution is 0.175. The second-order valence-corrected chi connectivity index (χ2v) is 4.45. The molecule has 0 aromatic heterocycles. The van der Waals surface area contributed by atoms with Gasteiger partial charge in [-0.2, -0.15) is 5.26 Å². The first-order valence-electron chi connectivity index (χ1n) is 6.47. The molecule has 2 amide bonds. The van der Waals surface area contributed by atoms with E-state index in [0.717, 1.165) is 5.56 Å². The summed E-state index contributed by atoms with van der Waals surface area (Å²) in [5.74, 6) is 0. The monoisotopic (exact) mass is 281 g/mol. The van der Waals surface area contributed by atoms with E-state index in [2.05, 4.69) is 10.6 Å². The molecule has 106 valence electrons. The molecule has 0 fully saturated rings. The Morgan fingerprint density at radius 1 is 1.19 bits per heavy atom. The van der Waals surface area contributed by atoms with Gasteiger partial charge in [0, 0.05) is 12.2 Å². The van der Waals surface area contributed by atoms with Gasteiger partial charge < -0.3 is 15.7 Å². The van der Waals surface area contributed by atoms with Gasteiger partial charge in [0.2, 0.25) is 0 Å². The van der Waals surface area contributed by atoms with E-state index in [0.29, 0.717) is 11.3 Å². The van der Waals surface area contributed by atoms with Crippen LogP contribution in [-0.2, 0) is 0 Å². The maximum Gasteiger partial charge on any atom is 0.319 e. The van der Waals surface area contributed by atoms with Crippen LogP contribution < -0.4 is 10.6 Å². The standard InChI is InChI=1S/C16H15N3O2/c17-10-12-5-4-8-14(9-12)19-16(21)18-11-15(20)13-6-2-1-3-7-13/h1-9,15,20H,11H2,(H2,18,19,21)/t15-/m1/s1. The van der Waals surface area contributed by atoms with Crippen molar-refractivity contribution in [2.75, 3.05) is 11.9 Å². The third kappa shape index (κ3) is 4.34. The first kappa shape index (κ1) is 14.6. The summed E-state index contributed by atoms with van der Waals surface area (Å²) in [4.78, 5) is 11.7. The van der Waals surface area contributed by atoms with Crippen molar-refractivity contribution in [1.29, 1.82) is 5.26 Å². The number of nitrogens with one attached hydrogen (secondary N) is 2. The minimum atomic E-state index is -0.762. The van der Waals surface area contributed by atoms with Crippen molar-refractivity contribution in [2.45, 2.75) is 6.10 Å². The lowest BCUT2D eigenvalue weighted by Gasteiger charge is -2.13. The summed E-state index contributed by atoms with van der Waals surface area (Å²) in [5.41, 5.74) is 1.74. The zero-order valence-electron chi connectivity index (χ0n) is 11.3. The molecule has 0 saturated heterocycles. The lowest BCUT2D eigenvalue weighted by Crippen LogP contribution is -2.32. The zero-order chi connectivity index (χ0) is 15.1. The van der Waals surface area contributed by atoms with Gasteiger partial charge in [0.1, 0.15) is 0 Å². The number of carbonyl (C=O) groups excluding carboxylic acids is 1. The molecule has 0 heterocycles. The molecule has 0 saturated carbocycles. The highest BCUT2D eigenvalue weighted by Crippen LogP contribution is 2.11. The van der Waals surface area contributed by atoms with Crippen molar-refractivity contribution in [1.82, 2.24) is 5.32 Å². The normalized spacial score (nSPS) is 11.2. The number of hydrogen-bond acceptors (Lipinski definition) is 3. The van der Waals surface area contributed by atoms with Crippen molar-refractivity contribution in [2.24, 2.45) is 0 Å². The van der Waals surface area contributed by atoms with Crippen molar-refractivity contribution in [3.05, 3.63) is 65.7 Å². The number of nitriles is 1. The number of amides is 2. The highest BCUT2D eigenvalue weighted by atomic mass is 16.3. The smallest absolute Gasteiger partial charge is 0.319 e. The lowest BCUT2D eigenvalue weighted by atomic mass is 10.1. The van der Waals surface area contributed by atoms with Gasteiger partial charge in [0.15, 0.2) is 0 Å². The molecule has 5 nitrogen and oxygen atoms in total. The number of aliphatic hydroxyl groups excluding tert-OH is 1. The predicted molar refractivity (Wildman–Crippen MR) is 79.6 cm³/mol. The first-order chi connectivity index (χ1) is 10.2. The number of benzene rings is 2. The zero-order valence-corrected chi connectivity index (χ0v) is 11.3. The van der Waals surface area contributed by atoms with Crippen LogP contribution >= 0.6 is 0 Å². The highest BCUT2D eigenvalue weighted by Gasteiger charge is 2.09. The SMILES string of the molecule is N#Cc1cccc(NC(=O)NC[C@@H](O)c2ccccc2)c1. The maximum atomic E-state index is 11.7. The van der Waals surface area contributed by atoms with E-state index >= 15 is 0 Å². The molecule has 0 aliphatic heterocycles. The fourth-order valence-corrected chi connectivity index (χ4v) is 1.82. The van der Waals surface area contributed by atoms with Gasteiger partial charge in [-0.3, -0.25) is 0 Å². The molecule has 0 bridgehead atoms. The number of anilines is 1. The molecule has 0 aliphatic carbocycles. The summed E-state index contributed by atoms with van der Waals surface area (Å²) in [6, 6.07) is 17.3. The molecule has 0 aliphatic rings. The summed E-state index contributed by atoms with van der Waals surface area (Å²) in [7, 11) is 0. The second kappa shape index (κ2) is 7.08. The van der Waals surface area contributed by atoms with Crippen LogP contribution in [0.3, 0.4) is 0 Å². The number of nitrogens with zero attached hydrogens (tertiary/aromatic N) is 1. The van der Waals surface area contributed by atoms with E-state index in [9.17, 15) is 9.90 Å². The highest BCUT2D eigenvalue weighted by molar-refractivity contribution is 5.89. The van der Waals surface area contributed by atoms with E-state index in [1.54, 1.807) is 36.4 Å². The Hall–Kier alpha value is -2.84. The van der Waals surface area contributed by atoms with E-state index in [-0.39, 0.29) is 6.54 Å². The summed E-state index contributed by atoms with van der Waals surface area (Å²) < 4.78 is 0. The Bertz CT molecular complexity index is 650. The third-order valence-corrected chi connectivity index (χ3v) is 2.89. The van der Waals surface area contributed by atoms with Gasteiger partial charge in [0.05, 0.1) is 17.7 Å². The van der Waals surface area contributed by atoms with Crippen LogP contribution in [0.5, 0.6) is 0 Å². The fourth-order valence-electron chi connectivity index (χ4n) is 1.82. The van der Waals surface area contributed by atoms with Crippen LogP contribution in [0.2, 0.25) is 0 Å². The summed E-state index contributed by atoms with van der Waals surface area (Å²) in [5, 5.41) is 23.9.